The molecule has 3 aromatic rings. The lowest BCUT2D eigenvalue weighted by molar-refractivity contribution is -0.274. The Labute approximate surface area is 142 Å². The molecule has 3 rings (SSSR count). The molecule has 0 radical (unpaired) electrons. The highest BCUT2D eigenvalue weighted by Crippen LogP contribution is 2.38. The lowest BCUT2D eigenvalue weighted by atomic mass is 10.0. The number of hydrogen-bond acceptors (Lipinski definition) is 3. The van der Waals surface area contributed by atoms with Crippen molar-refractivity contribution in [2.24, 2.45) is 7.05 Å². The summed E-state index contributed by atoms with van der Waals surface area (Å²) in [7, 11) is 1.75. The number of aryl methyl sites for hydroxylation is 1. The summed E-state index contributed by atoms with van der Waals surface area (Å²) in [4.78, 5) is 4.22. The summed E-state index contributed by atoms with van der Waals surface area (Å²) < 4.78 is 57.1. The van der Waals surface area contributed by atoms with Crippen molar-refractivity contribution in [3.05, 3.63) is 40.9 Å². The van der Waals surface area contributed by atoms with Crippen LogP contribution in [0.2, 0.25) is 0 Å². The van der Waals surface area contributed by atoms with Crippen molar-refractivity contribution >= 4 is 32.7 Å². The van der Waals surface area contributed by atoms with Crippen LogP contribution in [0.5, 0.6) is 5.75 Å². The molecule has 1 aromatic heterocycles. The summed E-state index contributed by atoms with van der Waals surface area (Å²) in [5.74, 6) is -1.50. The standard InChI is InChI=1S/C15H10BrF4N3O/c1-23-6-22-13-9(5-11(21)12(16)14(13)23)8-3-2-7(4-10(8)17)24-15(18,19)20/h2-6H,21H2,1H3. The minimum absolute atomic E-state index is 0.0763. The predicted molar refractivity (Wildman–Crippen MR) is 84.9 cm³/mol. The first-order chi connectivity index (χ1) is 11.2. The third kappa shape index (κ3) is 2.91. The summed E-state index contributed by atoms with van der Waals surface area (Å²) in [6.45, 7) is 0. The second-order valence-corrected chi connectivity index (χ2v) is 5.86. The molecule has 1 heterocycles. The van der Waals surface area contributed by atoms with Crippen LogP contribution < -0.4 is 10.5 Å². The van der Waals surface area contributed by atoms with E-state index in [0.717, 1.165) is 6.07 Å². The van der Waals surface area contributed by atoms with Crippen molar-refractivity contribution in [1.82, 2.24) is 9.55 Å². The molecule has 0 spiro atoms. The smallest absolute Gasteiger partial charge is 0.406 e. The molecule has 0 fully saturated rings. The van der Waals surface area contributed by atoms with Crippen molar-refractivity contribution in [1.29, 1.82) is 0 Å². The summed E-state index contributed by atoms with van der Waals surface area (Å²) in [6, 6.07) is 4.43. The van der Waals surface area contributed by atoms with Crippen LogP contribution >= 0.6 is 15.9 Å². The predicted octanol–water partition coefficient (Wildman–Crippen LogP) is 4.62. The van der Waals surface area contributed by atoms with Gasteiger partial charge in [-0.3, -0.25) is 0 Å². The lowest BCUT2D eigenvalue weighted by Gasteiger charge is -2.12. The van der Waals surface area contributed by atoms with Gasteiger partial charge in [0.05, 0.1) is 21.8 Å². The first-order valence-electron chi connectivity index (χ1n) is 6.62. The van der Waals surface area contributed by atoms with Gasteiger partial charge in [0.2, 0.25) is 0 Å². The first-order valence-corrected chi connectivity index (χ1v) is 7.41. The van der Waals surface area contributed by atoms with Crippen LogP contribution in [0, 0.1) is 5.82 Å². The van der Waals surface area contributed by atoms with E-state index in [1.54, 1.807) is 11.6 Å². The topological polar surface area (TPSA) is 53.1 Å². The molecular formula is C15H10BrF4N3O. The number of alkyl halides is 3. The number of nitrogens with two attached hydrogens (primary N) is 1. The highest BCUT2D eigenvalue weighted by Gasteiger charge is 2.31. The normalized spacial score (nSPS) is 11.9. The Morgan fingerprint density at radius 1 is 1.21 bits per heavy atom. The van der Waals surface area contributed by atoms with E-state index in [-0.39, 0.29) is 5.56 Å². The van der Waals surface area contributed by atoms with E-state index in [9.17, 15) is 17.6 Å². The minimum Gasteiger partial charge on any atom is -0.406 e. The number of nitrogens with zero attached hydrogens (tertiary/aromatic N) is 2. The lowest BCUT2D eigenvalue weighted by Crippen LogP contribution is -2.17. The van der Waals surface area contributed by atoms with Gasteiger partial charge in [-0.05, 0) is 34.1 Å². The number of fused-ring (bicyclic) bond motifs is 1. The fourth-order valence-electron chi connectivity index (χ4n) is 2.43. The fraction of sp³-hybridized carbons (Fsp3) is 0.133. The Kier molecular flexibility index (Phi) is 3.90. The van der Waals surface area contributed by atoms with Gasteiger partial charge in [0, 0.05) is 29.9 Å². The average Bonchev–Trinajstić information content (AvgIpc) is 2.84. The van der Waals surface area contributed by atoms with E-state index in [2.05, 4.69) is 25.7 Å². The summed E-state index contributed by atoms with van der Waals surface area (Å²) in [5.41, 5.74) is 7.87. The molecule has 0 atom stereocenters. The molecular weight excluding hydrogens is 394 g/mol. The number of halogens is 5. The van der Waals surface area contributed by atoms with Gasteiger partial charge in [-0.15, -0.1) is 13.2 Å². The highest BCUT2D eigenvalue weighted by molar-refractivity contribution is 9.10. The monoisotopic (exact) mass is 403 g/mol. The number of benzene rings is 2. The molecule has 0 saturated heterocycles. The molecule has 0 bridgehead atoms. The molecule has 0 aliphatic carbocycles. The van der Waals surface area contributed by atoms with Crippen LogP contribution in [-0.2, 0) is 7.05 Å². The van der Waals surface area contributed by atoms with Gasteiger partial charge >= 0.3 is 6.36 Å². The molecule has 4 nitrogen and oxygen atoms in total. The minimum atomic E-state index is -4.88. The molecule has 24 heavy (non-hydrogen) atoms. The molecule has 2 N–H and O–H groups in total. The van der Waals surface area contributed by atoms with E-state index in [1.807, 2.05) is 0 Å². The van der Waals surface area contributed by atoms with Gasteiger partial charge in [0.25, 0.3) is 0 Å². The molecule has 126 valence electrons. The number of imidazole rings is 1. The van der Waals surface area contributed by atoms with E-state index >= 15 is 0 Å². The number of nitrogen functional groups attached to an aromatic ring is 1. The van der Waals surface area contributed by atoms with E-state index < -0.39 is 17.9 Å². The average molecular weight is 404 g/mol. The third-order valence-electron chi connectivity index (χ3n) is 3.42. The second kappa shape index (κ2) is 5.66. The van der Waals surface area contributed by atoms with E-state index in [0.29, 0.717) is 32.8 Å². The first kappa shape index (κ1) is 16.6. The van der Waals surface area contributed by atoms with Crippen LogP contribution in [0.25, 0.3) is 22.2 Å². The zero-order valence-corrected chi connectivity index (χ0v) is 13.7. The van der Waals surface area contributed by atoms with Crippen LogP contribution in [0.3, 0.4) is 0 Å². The maximum atomic E-state index is 14.3. The quantitative estimate of drug-likeness (QED) is 0.501. The Morgan fingerprint density at radius 2 is 1.92 bits per heavy atom. The summed E-state index contributed by atoms with van der Waals surface area (Å²) >= 11 is 3.36. The van der Waals surface area contributed by atoms with Gasteiger partial charge in [-0.2, -0.15) is 0 Å². The summed E-state index contributed by atoms with van der Waals surface area (Å²) in [6.07, 6.45) is -3.35. The Bertz CT molecular complexity index is 937. The van der Waals surface area contributed by atoms with E-state index in [1.165, 1.54) is 18.5 Å². The number of aromatic nitrogens is 2. The van der Waals surface area contributed by atoms with E-state index in [4.69, 9.17) is 5.73 Å². The molecule has 2 aromatic carbocycles. The van der Waals surface area contributed by atoms with Gasteiger partial charge in [-0.1, -0.05) is 0 Å². The second-order valence-electron chi connectivity index (χ2n) is 5.07. The van der Waals surface area contributed by atoms with Gasteiger partial charge < -0.3 is 15.0 Å². The Balaban J connectivity index is 2.16. The van der Waals surface area contributed by atoms with Crippen LogP contribution in [0.15, 0.2) is 35.1 Å². The zero-order valence-electron chi connectivity index (χ0n) is 12.2. The largest absolute Gasteiger partial charge is 0.573 e. The van der Waals surface area contributed by atoms with Gasteiger partial charge in [-0.25, -0.2) is 9.37 Å². The Hall–Kier alpha value is -2.29. The molecule has 0 unspecified atom stereocenters. The maximum Gasteiger partial charge on any atom is 0.573 e. The molecule has 0 amide bonds. The van der Waals surface area contributed by atoms with Crippen molar-refractivity contribution < 1.29 is 22.3 Å². The number of anilines is 1. The zero-order chi connectivity index (χ0) is 17.6. The molecule has 9 heteroatoms. The number of rotatable bonds is 2. The SMILES string of the molecule is Cn1cnc2c(-c3ccc(OC(F)(F)F)cc3F)cc(N)c(Br)c21. The van der Waals surface area contributed by atoms with Gasteiger partial charge in [0.15, 0.2) is 0 Å². The molecule has 0 saturated carbocycles. The molecule has 0 aliphatic heterocycles. The van der Waals surface area contributed by atoms with Gasteiger partial charge in [0.1, 0.15) is 11.6 Å². The number of ether oxygens (including phenoxy) is 1. The number of hydrogen-bond donors (Lipinski definition) is 1. The van der Waals surface area contributed by atoms with Crippen LogP contribution in [-0.4, -0.2) is 15.9 Å². The fourth-order valence-corrected chi connectivity index (χ4v) is 3.01. The van der Waals surface area contributed by atoms with Crippen molar-refractivity contribution in [2.75, 3.05) is 5.73 Å². The van der Waals surface area contributed by atoms with Crippen LogP contribution in [0.1, 0.15) is 0 Å². The van der Waals surface area contributed by atoms with Crippen molar-refractivity contribution in [2.45, 2.75) is 6.36 Å². The highest BCUT2D eigenvalue weighted by atomic mass is 79.9. The third-order valence-corrected chi connectivity index (χ3v) is 4.25. The maximum absolute atomic E-state index is 14.3. The van der Waals surface area contributed by atoms with Crippen LogP contribution in [0.4, 0.5) is 23.2 Å². The molecule has 0 aliphatic rings. The summed E-state index contributed by atoms with van der Waals surface area (Å²) in [5, 5.41) is 0. The van der Waals surface area contributed by atoms with Crippen molar-refractivity contribution in [3.63, 3.8) is 0 Å². The van der Waals surface area contributed by atoms with Crippen molar-refractivity contribution in [3.8, 4) is 16.9 Å². The Morgan fingerprint density at radius 3 is 2.54 bits per heavy atom.